The second kappa shape index (κ2) is 10.5. The molecule has 0 unspecified atom stereocenters. The third kappa shape index (κ3) is 5.79. The monoisotopic (exact) mass is 458 g/mol. The largest absolute Gasteiger partial charge is 0.492 e. The number of hydrogen-bond acceptors (Lipinski definition) is 6. The average Bonchev–Trinajstić information content (AvgIpc) is 3.23. The van der Waals surface area contributed by atoms with Gasteiger partial charge in [-0.05, 0) is 46.6 Å². The van der Waals surface area contributed by atoms with E-state index in [1.165, 1.54) is 0 Å². The molecular weight excluding hydrogens is 420 g/mol. The number of carbonyl (C=O) groups excluding carboxylic acids is 1. The van der Waals surface area contributed by atoms with Crippen LogP contribution in [0.2, 0.25) is 0 Å². The van der Waals surface area contributed by atoms with Crippen molar-refractivity contribution in [3.05, 3.63) is 29.6 Å². The third-order valence-electron chi connectivity index (χ3n) is 5.46. The Morgan fingerprint density at radius 2 is 1.73 bits per heavy atom. The lowest BCUT2D eigenvalue weighted by Crippen LogP contribution is -2.36. The number of hydrogen-bond donors (Lipinski definition) is 1. The Balaban J connectivity index is 1.96. The second-order valence-electron chi connectivity index (χ2n) is 9.43. The minimum atomic E-state index is -0.276. The highest BCUT2D eigenvalue weighted by atomic mass is 16.5. The molecule has 2 aromatic rings. The number of nitrogens with zero attached hydrogens (tertiary/aromatic N) is 3. The fourth-order valence-electron chi connectivity index (χ4n) is 3.89. The van der Waals surface area contributed by atoms with E-state index in [1.54, 1.807) is 0 Å². The Morgan fingerprint density at radius 3 is 2.27 bits per heavy atom. The lowest BCUT2D eigenvalue weighted by Gasteiger charge is -2.31. The van der Waals surface area contributed by atoms with E-state index in [1.807, 2.05) is 36.7 Å². The van der Waals surface area contributed by atoms with Gasteiger partial charge < -0.3 is 24.4 Å². The van der Waals surface area contributed by atoms with Crippen molar-refractivity contribution in [1.29, 1.82) is 0 Å². The Bertz CT molecular complexity index is 956. The van der Waals surface area contributed by atoms with E-state index >= 15 is 0 Å². The lowest BCUT2D eigenvalue weighted by atomic mass is 10.1. The first-order valence-corrected chi connectivity index (χ1v) is 11.8. The Hall–Kier alpha value is -2.74. The van der Waals surface area contributed by atoms with E-state index in [0.717, 1.165) is 24.5 Å². The van der Waals surface area contributed by atoms with Crippen LogP contribution >= 0.6 is 0 Å². The molecule has 1 aromatic carbocycles. The van der Waals surface area contributed by atoms with Gasteiger partial charge >= 0.3 is 0 Å². The molecule has 0 aliphatic carbocycles. The number of carbonyl (C=O) groups is 1. The van der Waals surface area contributed by atoms with Gasteiger partial charge in [0.05, 0.1) is 43.3 Å². The molecule has 1 aromatic heterocycles. The molecule has 1 amide bonds. The minimum Gasteiger partial charge on any atom is -0.492 e. The van der Waals surface area contributed by atoms with Crippen LogP contribution in [0.25, 0.3) is 0 Å². The zero-order valence-corrected chi connectivity index (χ0v) is 21.0. The molecule has 0 bridgehead atoms. The molecule has 2 heterocycles. The maximum absolute atomic E-state index is 13.2. The van der Waals surface area contributed by atoms with Crippen LogP contribution in [0.3, 0.4) is 0 Å². The minimum absolute atomic E-state index is 0.226. The summed E-state index contributed by atoms with van der Waals surface area (Å²) in [6.45, 7) is 18.2. The Kier molecular flexibility index (Phi) is 7.89. The lowest BCUT2D eigenvalue weighted by molar-refractivity contribution is 0.102. The molecular formula is C25H38N4O4. The van der Waals surface area contributed by atoms with Crippen molar-refractivity contribution in [2.24, 2.45) is 0 Å². The van der Waals surface area contributed by atoms with Crippen molar-refractivity contribution < 1.29 is 19.0 Å². The van der Waals surface area contributed by atoms with Gasteiger partial charge in [-0.2, -0.15) is 5.10 Å². The molecule has 0 radical (unpaired) electrons. The summed E-state index contributed by atoms with van der Waals surface area (Å²) in [5, 5.41) is 7.64. The predicted molar refractivity (Wildman–Crippen MR) is 131 cm³/mol. The van der Waals surface area contributed by atoms with Crippen LogP contribution in [0.5, 0.6) is 11.5 Å². The Labute approximate surface area is 197 Å². The van der Waals surface area contributed by atoms with E-state index < -0.39 is 0 Å². The van der Waals surface area contributed by atoms with Gasteiger partial charge in [0, 0.05) is 30.9 Å². The maximum Gasteiger partial charge on any atom is 0.276 e. The fourth-order valence-corrected chi connectivity index (χ4v) is 3.89. The van der Waals surface area contributed by atoms with Crippen LogP contribution < -0.4 is 19.7 Å². The van der Waals surface area contributed by atoms with Crippen LogP contribution in [0.15, 0.2) is 18.2 Å². The summed E-state index contributed by atoms with van der Waals surface area (Å²) in [6, 6.07) is 5.67. The van der Waals surface area contributed by atoms with Gasteiger partial charge in [-0.25, -0.2) is 0 Å². The van der Waals surface area contributed by atoms with Gasteiger partial charge in [0.2, 0.25) is 0 Å². The van der Waals surface area contributed by atoms with Gasteiger partial charge in [-0.15, -0.1) is 0 Å². The second-order valence-corrected chi connectivity index (χ2v) is 9.43. The van der Waals surface area contributed by atoms with E-state index in [-0.39, 0.29) is 17.4 Å². The molecule has 33 heavy (non-hydrogen) atoms. The summed E-state index contributed by atoms with van der Waals surface area (Å²) < 4.78 is 19.3. The van der Waals surface area contributed by atoms with Crippen molar-refractivity contribution in [3.63, 3.8) is 0 Å². The fraction of sp³-hybridized carbons (Fsp3) is 0.600. The summed E-state index contributed by atoms with van der Waals surface area (Å²) in [4.78, 5) is 15.5. The topological polar surface area (TPSA) is 77.9 Å². The van der Waals surface area contributed by atoms with Crippen molar-refractivity contribution >= 4 is 17.3 Å². The van der Waals surface area contributed by atoms with Crippen molar-refractivity contribution in [3.8, 4) is 11.5 Å². The quantitative estimate of drug-likeness (QED) is 0.621. The first-order valence-electron chi connectivity index (χ1n) is 11.8. The summed E-state index contributed by atoms with van der Waals surface area (Å²) in [6.07, 6.45) is 0. The Morgan fingerprint density at radius 1 is 1.09 bits per heavy atom. The maximum atomic E-state index is 13.2. The van der Waals surface area contributed by atoms with Crippen molar-refractivity contribution in [1.82, 2.24) is 9.78 Å². The molecule has 0 atom stereocenters. The van der Waals surface area contributed by atoms with E-state index in [2.05, 4.69) is 49.9 Å². The summed E-state index contributed by atoms with van der Waals surface area (Å²) in [7, 11) is 0. The SMILES string of the molecule is CCOc1cc(N2CCOCC2)c(OCC)cc1NC(=O)c1cc(C(C)C)n(C(C)(C)C)n1. The third-order valence-corrected chi connectivity index (χ3v) is 5.46. The van der Waals surface area contributed by atoms with Crippen LogP contribution in [-0.2, 0) is 10.3 Å². The molecule has 1 aliphatic rings. The van der Waals surface area contributed by atoms with Gasteiger partial charge in [0.1, 0.15) is 11.5 Å². The highest BCUT2D eigenvalue weighted by Crippen LogP contribution is 2.39. The zero-order chi connectivity index (χ0) is 24.2. The highest BCUT2D eigenvalue weighted by molar-refractivity contribution is 6.04. The molecule has 1 N–H and O–H groups in total. The van der Waals surface area contributed by atoms with Crippen LogP contribution in [0.4, 0.5) is 11.4 Å². The zero-order valence-electron chi connectivity index (χ0n) is 21.0. The number of rotatable bonds is 8. The average molecular weight is 459 g/mol. The standard InChI is InChI=1S/C25H38N4O4/c1-8-32-22-16-21(28-10-12-31-13-11-28)23(33-9-2)15-18(22)26-24(30)19-14-20(17(3)4)29(27-19)25(5,6)7/h14-17H,8-13H2,1-7H3,(H,26,30). The van der Waals surface area contributed by atoms with Crippen LogP contribution in [-0.4, -0.2) is 55.2 Å². The van der Waals surface area contributed by atoms with E-state index in [9.17, 15) is 4.79 Å². The van der Waals surface area contributed by atoms with Gasteiger partial charge in [0.15, 0.2) is 5.69 Å². The summed E-state index contributed by atoms with van der Waals surface area (Å²) >= 11 is 0. The number of nitrogens with one attached hydrogen (secondary N) is 1. The molecule has 1 aliphatic heterocycles. The van der Waals surface area contributed by atoms with Crippen LogP contribution in [0.1, 0.15) is 70.6 Å². The van der Waals surface area contributed by atoms with Crippen molar-refractivity contribution in [2.75, 3.05) is 49.7 Å². The molecule has 1 fully saturated rings. The molecule has 8 heteroatoms. The van der Waals surface area contributed by atoms with E-state index in [4.69, 9.17) is 14.2 Å². The number of aromatic nitrogens is 2. The first-order chi connectivity index (χ1) is 15.7. The summed E-state index contributed by atoms with van der Waals surface area (Å²) in [5.41, 5.74) is 2.69. The molecule has 0 saturated carbocycles. The number of anilines is 2. The predicted octanol–water partition coefficient (Wildman–Crippen LogP) is 4.65. The summed E-state index contributed by atoms with van der Waals surface area (Å²) in [5.74, 6) is 1.29. The number of amides is 1. The molecule has 3 rings (SSSR count). The number of ether oxygens (including phenoxy) is 3. The molecule has 182 valence electrons. The normalized spacial score (nSPS) is 14.5. The van der Waals surface area contributed by atoms with Crippen molar-refractivity contribution in [2.45, 2.75) is 59.9 Å². The van der Waals surface area contributed by atoms with Crippen LogP contribution in [0, 0.1) is 0 Å². The molecule has 1 saturated heterocycles. The number of morpholine rings is 1. The smallest absolute Gasteiger partial charge is 0.276 e. The van der Waals surface area contributed by atoms with Gasteiger partial charge in [-0.1, -0.05) is 13.8 Å². The molecule has 0 spiro atoms. The molecule has 8 nitrogen and oxygen atoms in total. The van der Waals surface area contributed by atoms with Gasteiger partial charge in [0.25, 0.3) is 5.91 Å². The number of benzene rings is 1. The highest BCUT2D eigenvalue weighted by Gasteiger charge is 2.25. The van der Waals surface area contributed by atoms with Gasteiger partial charge in [-0.3, -0.25) is 9.48 Å². The first kappa shape index (κ1) is 24.9. The van der Waals surface area contributed by atoms with E-state index in [0.29, 0.717) is 49.3 Å².